The number of rotatable bonds is 26. The van der Waals surface area contributed by atoms with Gasteiger partial charge in [0.25, 0.3) is 0 Å². The molecule has 19 nitrogen and oxygen atoms in total. The lowest BCUT2D eigenvalue weighted by atomic mass is 9.62. The molecule has 0 fully saturated rings. The molecule has 0 atom stereocenters. The Morgan fingerprint density at radius 3 is 0.662 bits per heavy atom. The van der Waals surface area contributed by atoms with Crippen LogP contribution in [0.3, 0.4) is 0 Å². The molecule has 0 radical (unpaired) electrons. The second-order valence-corrected chi connectivity index (χ2v) is 24.0. The van der Waals surface area contributed by atoms with Crippen LogP contribution in [0.2, 0.25) is 0 Å². The molecular weight excluding hydrogens is 893 g/mol. The molecule has 0 saturated heterocycles. The summed E-state index contributed by atoms with van der Waals surface area (Å²) in [5, 5.41) is 0. The molecule has 0 aliphatic carbocycles. The van der Waals surface area contributed by atoms with Gasteiger partial charge >= 0.3 is 30.8 Å². The van der Waals surface area contributed by atoms with Crippen molar-refractivity contribution in [3.8, 4) is 0 Å². The van der Waals surface area contributed by atoms with E-state index in [9.17, 15) is 24.0 Å². The van der Waals surface area contributed by atoms with Gasteiger partial charge in [-0.1, -0.05) is 96.9 Å². The van der Waals surface area contributed by atoms with E-state index in [1.807, 2.05) is 83.1 Å². The van der Waals surface area contributed by atoms with Crippen molar-refractivity contribution in [1.29, 1.82) is 0 Å². The third-order valence-corrected chi connectivity index (χ3v) is 12.3. The molecule has 0 spiro atoms. The molecule has 0 unspecified atom stereocenters. The SMILES string of the molecule is CCC(COC(=O)OCC(CC)(C(C)(C)OC(=O)OOCCC(C)(C)C)C(C)(C)OC(=O)OOCCC(C)(C)C)(C(C)(C)OC(=O)OOCCC(C)(C)C)C(C)(C)OC(=O)OOCCC(C)(C)C. The van der Waals surface area contributed by atoms with Gasteiger partial charge in [-0.25, -0.2) is 24.0 Å². The van der Waals surface area contributed by atoms with Crippen LogP contribution in [0.5, 0.6) is 0 Å². The molecule has 0 rings (SSSR count). The highest BCUT2D eigenvalue weighted by Crippen LogP contribution is 2.51. The van der Waals surface area contributed by atoms with Crippen LogP contribution < -0.4 is 0 Å². The topological polar surface area (TPSA) is 215 Å². The zero-order valence-electron chi connectivity index (χ0n) is 45.7. The molecule has 0 N–H and O–H groups in total. The zero-order valence-corrected chi connectivity index (χ0v) is 45.7. The van der Waals surface area contributed by atoms with E-state index < -0.39 is 77.2 Å². The summed E-state index contributed by atoms with van der Waals surface area (Å²) in [6, 6.07) is 0. The van der Waals surface area contributed by atoms with Gasteiger partial charge in [0.2, 0.25) is 0 Å². The Morgan fingerprint density at radius 2 is 0.500 bits per heavy atom. The Balaban J connectivity index is 6.90. The Kier molecular flexibility index (Phi) is 24.4. The predicted molar refractivity (Wildman–Crippen MR) is 249 cm³/mol. The van der Waals surface area contributed by atoms with E-state index in [2.05, 4.69) is 0 Å². The number of ether oxygens (including phenoxy) is 6. The second-order valence-electron chi connectivity index (χ2n) is 24.0. The molecule has 19 heteroatoms. The molecule has 0 aromatic rings. The van der Waals surface area contributed by atoms with Gasteiger partial charge in [-0.2, -0.15) is 19.6 Å². The highest BCUT2D eigenvalue weighted by Gasteiger charge is 2.62. The molecule has 400 valence electrons. The van der Waals surface area contributed by atoms with Crippen molar-refractivity contribution in [1.82, 2.24) is 0 Å². The Hall–Kier alpha value is -3.81. The van der Waals surface area contributed by atoms with Crippen LogP contribution >= 0.6 is 0 Å². The molecule has 0 heterocycles. The van der Waals surface area contributed by atoms with Crippen molar-refractivity contribution in [2.75, 3.05) is 39.6 Å². The molecule has 0 aliphatic rings. The molecule has 68 heavy (non-hydrogen) atoms. The fourth-order valence-corrected chi connectivity index (χ4v) is 7.50. The van der Waals surface area contributed by atoms with Gasteiger partial charge < -0.3 is 28.4 Å². The molecule has 0 aromatic carbocycles. The first-order valence-corrected chi connectivity index (χ1v) is 23.5. The minimum absolute atomic E-state index is 0.0527. The Labute approximate surface area is 406 Å². The van der Waals surface area contributed by atoms with Crippen molar-refractivity contribution >= 4 is 30.8 Å². The fourth-order valence-electron chi connectivity index (χ4n) is 7.50. The van der Waals surface area contributed by atoms with Crippen LogP contribution in [-0.2, 0) is 67.5 Å². The van der Waals surface area contributed by atoms with E-state index in [1.165, 1.54) is 55.4 Å². The molecule has 0 amide bonds. The van der Waals surface area contributed by atoms with E-state index in [1.54, 1.807) is 13.8 Å². The van der Waals surface area contributed by atoms with E-state index in [-0.39, 0.29) is 60.9 Å². The molecule has 0 aromatic heterocycles. The average Bonchev–Trinajstić information content (AvgIpc) is 3.13. The molecule has 0 bridgehead atoms. The monoisotopic (exact) mass is 983 g/mol. The van der Waals surface area contributed by atoms with Crippen LogP contribution in [0.1, 0.15) is 191 Å². The first-order valence-electron chi connectivity index (χ1n) is 23.5. The summed E-state index contributed by atoms with van der Waals surface area (Å²) in [6.07, 6.45) is -3.70. The molecule has 0 saturated carbocycles. The summed E-state index contributed by atoms with van der Waals surface area (Å²) in [7, 11) is 0. The van der Waals surface area contributed by atoms with E-state index in [0.717, 1.165) is 0 Å². The third-order valence-electron chi connectivity index (χ3n) is 12.3. The fraction of sp³-hybridized carbons (Fsp3) is 0.898. The number of hydrogen-bond donors (Lipinski definition) is 0. The lowest BCUT2D eigenvalue weighted by molar-refractivity contribution is -0.290. The quantitative estimate of drug-likeness (QED) is 0.0259. The van der Waals surface area contributed by atoms with Crippen LogP contribution in [-0.4, -0.2) is 92.8 Å². The average molecular weight is 983 g/mol. The molecular formula is C49H90O19. The van der Waals surface area contributed by atoms with Crippen molar-refractivity contribution in [3.05, 3.63) is 0 Å². The van der Waals surface area contributed by atoms with Gasteiger partial charge in [0.15, 0.2) is 0 Å². The first-order chi connectivity index (χ1) is 30.6. The zero-order chi connectivity index (χ0) is 53.3. The van der Waals surface area contributed by atoms with Crippen molar-refractivity contribution in [3.63, 3.8) is 0 Å². The van der Waals surface area contributed by atoms with Crippen LogP contribution in [0.25, 0.3) is 0 Å². The maximum absolute atomic E-state index is 13.9. The van der Waals surface area contributed by atoms with Gasteiger partial charge in [0.05, 0.1) is 37.3 Å². The summed E-state index contributed by atoms with van der Waals surface area (Å²) in [5.41, 5.74) is -10.2. The third kappa shape index (κ3) is 22.3. The molecule has 0 aliphatic heterocycles. The summed E-state index contributed by atoms with van der Waals surface area (Å²) < 4.78 is 35.0. The standard InChI is InChI=1S/C49H90O19/c1-23-48(44(15,16)61-36(51)65-57-29-25-40(3,4)5,45(17,18)62-37(52)66-58-30-26-41(6,7)8)33-55-35(50)56-34-49(24-2,46(19,20)63-38(53)67-59-31-27-42(9,10)11)47(21,22)64-39(54)68-60-32-28-43(12,13)14/h23-34H2,1-22H3. The maximum Gasteiger partial charge on any atom is 0.541 e. The maximum atomic E-state index is 13.9. The van der Waals surface area contributed by atoms with E-state index >= 15 is 0 Å². The summed E-state index contributed by atoms with van der Waals surface area (Å²) in [6.45, 7) is 38.8. The Bertz CT molecular complexity index is 1360. The Morgan fingerprint density at radius 1 is 0.309 bits per heavy atom. The smallest absolute Gasteiger partial charge is 0.433 e. The van der Waals surface area contributed by atoms with E-state index in [4.69, 9.17) is 67.5 Å². The summed E-state index contributed by atoms with van der Waals surface area (Å²) in [4.78, 5) is 107. The van der Waals surface area contributed by atoms with Crippen molar-refractivity contribution in [2.24, 2.45) is 32.5 Å². The van der Waals surface area contributed by atoms with Gasteiger partial charge in [0.1, 0.15) is 35.6 Å². The van der Waals surface area contributed by atoms with Crippen molar-refractivity contribution < 1.29 is 91.5 Å². The van der Waals surface area contributed by atoms with Gasteiger partial charge in [0, 0.05) is 0 Å². The van der Waals surface area contributed by atoms with E-state index in [0.29, 0.717) is 25.7 Å². The van der Waals surface area contributed by atoms with Gasteiger partial charge in [-0.15, -0.1) is 0 Å². The largest absolute Gasteiger partial charge is 0.541 e. The highest BCUT2D eigenvalue weighted by atomic mass is 17.2. The first kappa shape index (κ1) is 64.2. The van der Waals surface area contributed by atoms with Gasteiger partial charge in [-0.3, -0.25) is 19.6 Å². The minimum Gasteiger partial charge on any atom is -0.433 e. The predicted octanol–water partition coefficient (Wildman–Crippen LogP) is 13.1. The summed E-state index contributed by atoms with van der Waals surface area (Å²) in [5.74, 6) is 0. The number of hydrogen-bond acceptors (Lipinski definition) is 19. The van der Waals surface area contributed by atoms with Crippen molar-refractivity contribution in [2.45, 2.75) is 213 Å². The lowest BCUT2D eigenvalue weighted by Crippen LogP contribution is -2.63. The van der Waals surface area contributed by atoms with Crippen LogP contribution in [0.15, 0.2) is 0 Å². The second kappa shape index (κ2) is 25.9. The number of carbonyl (C=O) groups is 5. The lowest BCUT2D eigenvalue weighted by Gasteiger charge is -2.52. The highest BCUT2D eigenvalue weighted by molar-refractivity contribution is 5.63. The normalized spacial score (nSPS) is 13.5. The summed E-state index contributed by atoms with van der Waals surface area (Å²) >= 11 is 0. The number of carbonyl (C=O) groups excluding carboxylic acids is 5. The van der Waals surface area contributed by atoms with Crippen LogP contribution in [0.4, 0.5) is 24.0 Å². The van der Waals surface area contributed by atoms with Gasteiger partial charge in [-0.05, 0) is 116 Å². The van der Waals surface area contributed by atoms with Crippen LogP contribution in [0, 0.1) is 32.5 Å². The minimum atomic E-state index is -1.65.